The van der Waals surface area contributed by atoms with Crippen molar-refractivity contribution in [3.8, 4) is 11.4 Å². The van der Waals surface area contributed by atoms with Gasteiger partial charge in [-0.3, -0.25) is 4.79 Å². The van der Waals surface area contributed by atoms with Gasteiger partial charge in [-0.25, -0.2) is 0 Å². The number of halogens is 1. The summed E-state index contributed by atoms with van der Waals surface area (Å²) in [6, 6.07) is 7.20. The van der Waals surface area contributed by atoms with Crippen LogP contribution in [0.25, 0.3) is 11.4 Å². The standard InChI is InChI=1S/C13H10ClN5O2S3/c14-8-3-1-7(2-4-8)11-16-10(21-19-11)6-23-13-18-17-12(24-13)22-5-9(15)20/h1-4H,5-6H2,(H2,15,20). The molecule has 0 bridgehead atoms. The summed E-state index contributed by atoms with van der Waals surface area (Å²) in [5.74, 6) is 1.29. The first kappa shape index (κ1) is 17.2. The largest absolute Gasteiger partial charge is 0.369 e. The van der Waals surface area contributed by atoms with E-state index in [0.717, 1.165) is 9.90 Å². The lowest BCUT2D eigenvalue weighted by Gasteiger charge is -1.93. The van der Waals surface area contributed by atoms with Crippen LogP contribution in [0, 0.1) is 0 Å². The molecule has 0 aliphatic rings. The van der Waals surface area contributed by atoms with Gasteiger partial charge in [0.05, 0.1) is 11.5 Å². The fraction of sp³-hybridized carbons (Fsp3) is 0.154. The van der Waals surface area contributed by atoms with Gasteiger partial charge in [0.1, 0.15) is 0 Å². The Morgan fingerprint density at radius 2 is 1.92 bits per heavy atom. The molecule has 0 aliphatic carbocycles. The number of benzene rings is 1. The molecule has 0 saturated carbocycles. The molecule has 0 aliphatic heterocycles. The Balaban J connectivity index is 1.57. The lowest BCUT2D eigenvalue weighted by molar-refractivity contribution is -0.115. The minimum absolute atomic E-state index is 0.188. The van der Waals surface area contributed by atoms with Crippen LogP contribution in [0.5, 0.6) is 0 Å². The van der Waals surface area contributed by atoms with Gasteiger partial charge in [-0.15, -0.1) is 10.2 Å². The second-order valence-electron chi connectivity index (χ2n) is 4.40. The Morgan fingerprint density at radius 1 is 1.21 bits per heavy atom. The molecule has 0 saturated heterocycles. The van der Waals surface area contributed by atoms with E-state index in [1.165, 1.54) is 34.9 Å². The number of hydrogen-bond acceptors (Lipinski definition) is 9. The van der Waals surface area contributed by atoms with Crippen LogP contribution >= 0.6 is 46.5 Å². The molecule has 124 valence electrons. The Kier molecular flexibility index (Phi) is 5.72. The monoisotopic (exact) mass is 399 g/mol. The second kappa shape index (κ2) is 7.97. The van der Waals surface area contributed by atoms with E-state index in [-0.39, 0.29) is 11.7 Å². The Hall–Kier alpha value is -1.62. The smallest absolute Gasteiger partial charge is 0.237 e. The number of carbonyl (C=O) groups excluding carboxylic acids is 1. The van der Waals surface area contributed by atoms with Crippen molar-refractivity contribution < 1.29 is 9.32 Å². The van der Waals surface area contributed by atoms with E-state index in [0.29, 0.717) is 26.8 Å². The van der Waals surface area contributed by atoms with E-state index in [4.69, 9.17) is 21.9 Å². The number of aromatic nitrogens is 4. The van der Waals surface area contributed by atoms with Crippen LogP contribution in [0.4, 0.5) is 0 Å². The van der Waals surface area contributed by atoms with Gasteiger partial charge < -0.3 is 10.3 Å². The molecule has 1 amide bonds. The zero-order valence-electron chi connectivity index (χ0n) is 12.0. The molecule has 2 aromatic heterocycles. The van der Waals surface area contributed by atoms with Gasteiger partial charge in [0, 0.05) is 10.6 Å². The Bertz CT molecular complexity index is 836. The van der Waals surface area contributed by atoms with Crippen molar-refractivity contribution in [3.63, 3.8) is 0 Å². The van der Waals surface area contributed by atoms with E-state index in [2.05, 4.69) is 20.3 Å². The molecule has 0 spiro atoms. The average Bonchev–Trinajstić information content (AvgIpc) is 3.21. The van der Waals surface area contributed by atoms with Crippen LogP contribution in [-0.2, 0) is 10.5 Å². The zero-order valence-corrected chi connectivity index (χ0v) is 15.2. The third-order valence-electron chi connectivity index (χ3n) is 2.62. The lowest BCUT2D eigenvalue weighted by atomic mass is 10.2. The molecule has 2 heterocycles. The maximum Gasteiger partial charge on any atom is 0.237 e. The SMILES string of the molecule is NC(=O)CSc1nnc(SCc2nc(-c3ccc(Cl)cc3)no2)s1. The van der Waals surface area contributed by atoms with Crippen LogP contribution in [0.15, 0.2) is 37.5 Å². The van der Waals surface area contributed by atoms with E-state index in [1.807, 2.05) is 12.1 Å². The number of nitrogens with two attached hydrogens (primary N) is 1. The summed E-state index contributed by atoms with van der Waals surface area (Å²) in [6.07, 6.45) is 0. The van der Waals surface area contributed by atoms with Crippen molar-refractivity contribution in [3.05, 3.63) is 35.2 Å². The molecule has 1 aromatic carbocycles. The number of primary amides is 1. The summed E-state index contributed by atoms with van der Waals surface area (Å²) in [5, 5.41) is 12.6. The van der Waals surface area contributed by atoms with Gasteiger partial charge in [-0.05, 0) is 24.3 Å². The minimum Gasteiger partial charge on any atom is -0.369 e. The molecule has 2 N–H and O–H groups in total. The first-order valence-electron chi connectivity index (χ1n) is 6.56. The highest BCUT2D eigenvalue weighted by Crippen LogP contribution is 2.30. The van der Waals surface area contributed by atoms with Crippen LogP contribution in [0.2, 0.25) is 5.02 Å². The number of nitrogens with zero attached hydrogens (tertiary/aromatic N) is 4. The van der Waals surface area contributed by atoms with Crippen molar-refractivity contribution in [1.29, 1.82) is 0 Å². The van der Waals surface area contributed by atoms with Gasteiger partial charge in [0.15, 0.2) is 8.68 Å². The van der Waals surface area contributed by atoms with Gasteiger partial charge in [0.2, 0.25) is 17.6 Å². The molecule has 0 unspecified atom stereocenters. The normalized spacial score (nSPS) is 10.9. The van der Waals surface area contributed by atoms with Crippen molar-refractivity contribution in [2.75, 3.05) is 5.75 Å². The number of rotatable bonds is 7. The fourth-order valence-electron chi connectivity index (χ4n) is 1.60. The number of amides is 1. The first-order chi connectivity index (χ1) is 11.6. The van der Waals surface area contributed by atoms with Crippen LogP contribution in [-0.4, -0.2) is 32.0 Å². The van der Waals surface area contributed by atoms with Crippen LogP contribution in [0.3, 0.4) is 0 Å². The summed E-state index contributed by atoms with van der Waals surface area (Å²) in [6.45, 7) is 0. The third-order valence-corrected chi connectivity index (χ3v) is 6.06. The average molecular weight is 400 g/mol. The predicted octanol–water partition coefficient (Wildman–Crippen LogP) is 3.11. The maximum atomic E-state index is 10.7. The number of hydrogen-bond donors (Lipinski definition) is 1. The summed E-state index contributed by atoms with van der Waals surface area (Å²) < 4.78 is 6.69. The predicted molar refractivity (Wildman–Crippen MR) is 94.1 cm³/mol. The molecular weight excluding hydrogens is 390 g/mol. The molecule has 7 nitrogen and oxygen atoms in total. The van der Waals surface area contributed by atoms with Crippen molar-refractivity contribution in [2.24, 2.45) is 5.73 Å². The van der Waals surface area contributed by atoms with Crippen LogP contribution in [0.1, 0.15) is 5.89 Å². The van der Waals surface area contributed by atoms with Crippen molar-refractivity contribution in [1.82, 2.24) is 20.3 Å². The molecular formula is C13H10ClN5O2S3. The highest BCUT2D eigenvalue weighted by molar-refractivity contribution is 8.03. The van der Waals surface area contributed by atoms with Gasteiger partial charge >= 0.3 is 0 Å². The summed E-state index contributed by atoms with van der Waals surface area (Å²) in [4.78, 5) is 15.1. The quantitative estimate of drug-likeness (QED) is 0.603. The molecule has 0 fully saturated rings. The van der Waals surface area contributed by atoms with Crippen molar-refractivity contribution in [2.45, 2.75) is 14.4 Å². The molecule has 24 heavy (non-hydrogen) atoms. The highest BCUT2D eigenvalue weighted by atomic mass is 35.5. The molecule has 0 radical (unpaired) electrons. The first-order valence-corrected chi connectivity index (χ1v) is 9.72. The zero-order chi connectivity index (χ0) is 16.9. The Labute approximate surface area is 154 Å². The minimum atomic E-state index is -0.384. The topological polar surface area (TPSA) is 108 Å². The van der Waals surface area contributed by atoms with E-state index >= 15 is 0 Å². The fourth-order valence-corrected chi connectivity index (χ4v) is 4.32. The van der Waals surface area contributed by atoms with E-state index in [1.54, 1.807) is 12.1 Å². The summed E-state index contributed by atoms with van der Waals surface area (Å²) in [7, 11) is 0. The Morgan fingerprint density at radius 3 is 2.62 bits per heavy atom. The third kappa shape index (κ3) is 4.69. The molecule has 3 rings (SSSR count). The van der Waals surface area contributed by atoms with Gasteiger partial charge in [-0.2, -0.15) is 4.98 Å². The number of carbonyl (C=O) groups is 1. The molecule has 11 heteroatoms. The van der Waals surface area contributed by atoms with Gasteiger partial charge in [-0.1, -0.05) is 51.6 Å². The van der Waals surface area contributed by atoms with Crippen molar-refractivity contribution >= 4 is 52.4 Å². The summed E-state index contributed by atoms with van der Waals surface area (Å²) in [5.41, 5.74) is 5.93. The second-order valence-corrected chi connectivity index (χ2v) is 8.26. The maximum absolute atomic E-state index is 10.7. The highest BCUT2D eigenvalue weighted by Gasteiger charge is 2.12. The molecule has 0 atom stereocenters. The van der Waals surface area contributed by atoms with Crippen LogP contribution < -0.4 is 5.73 Å². The number of thioether (sulfide) groups is 2. The summed E-state index contributed by atoms with van der Waals surface area (Å²) >= 11 is 9.95. The van der Waals surface area contributed by atoms with Gasteiger partial charge in [0.25, 0.3) is 0 Å². The van der Waals surface area contributed by atoms with E-state index < -0.39 is 0 Å². The van der Waals surface area contributed by atoms with E-state index in [9.17, 15) is 4.79 Å². The molecule has 3 aromatic rings. The lowest BCUT2D eigenvalue weighted by Crippen LogP contribution is -2.12.